The van der Waals surface area contributed by atoms with Crippen molar-refractivity contribution in [3.05, 3.63) is 35.9 Å². The van der Waals surface area contributed by atoms with Gasteiger partial charge in [0.15, 0.2) is 0 Å². The lowest BCUT2D eigenvalue weighted by Crippen LogP contribution is -2.34. The minimum absolute atomic E-state index is 0.0407. The van der Waals surface area contributed by atoms with Gasteiger partial charge in [0, 0.05) is 0 Å². The molecule has 0 bridgehead atoms. The van der Waals surface area contributed by atoms with Crippen LogP contribution in [0.1, 0.15) is 24.8 Å². The van der Waals surface area contributed by atoms with Gasteiger partial charge < -0.3 is 10.8 Å². The Hall–Kier alpha value is -1.35. The van der Waals surface area contributed by atoms with Gasteiger partial charge in [-0.1, -0.05) is 30.3 Å². The first kappa shape index (κ1) is 10.2. The van der Waals surface area contributed by atoms with Crippen molar-refractivity contribution in [3.63, 3.8) is 0 Å². The van der Waals surface area contributed by atoms with Crippen molar-refractivity contribution < 1.29 is 9.90 Å². The number of aliphatic carboxylic acids is 1. The Bertz CT molecular complexity index is 357. The SMILES string of the molecule is NC(CC1(c2ccccc2)CC1)C(=O)O. The zero-order valence-corrected chi connectivity index (χ0v) is 8.52. The normalized spacial score (nSPS) is 19.5. The number of benzene rings is 1. The van der Waals surface area contributed by atoms with E-state index in [1.54, 1.807) is 0 Å². The van der Waals surface area contributed by atoms with E-state index in [0.29, 0.717) is 6.42 Å². The van der Waals surface area contributed by atoms with Crippen molar-refractivity contribution in [1.29, 1.82) is 0 Å². The highest BCUT2D eigenvalue weighted by Crippen LogP contribution is 2.51. The summed E-state index contributed by atoms with van der Waals surface area (Å²) in [6, 6.07) is 9.32. The van der Waals surface area contributed by atoms with Gasteiger partial charge >= 0.3 is 5.97 Å². The van der Waals surface area contributed by atoms with Crippen LogP contribution in [0.25, 0.3) is 0 Å². The predicted molar refractivity (Wildman–Crippen MR) is 57.6 cm³/mol. The molecule has 1 aromatic rings. The fraction of sp³-hybridized carbons (Fsp3) is 0.417. The summed E-state index contributed by atoms with van der Waals surface area (Å²) < 4.78 is 0. The molecule has 0 amide bonds. The lowest BCUT2D eigenvalue weighted by molar-refractivity contribution is -0.138. The molecule has 1 unspecified atom stereocenters. The van der Waals surface area contributed by atoms with E-state index in [2.05, 4.69) is 12.1 Å². The van der Waals surface area contributed by atoms with Crippen molar-refractivity contribution in [1.82, 2.24) is 0 Å². The Kier molecular flexibility index (Phi) is 2.49. The Labute approximate surface area is 88.9 Å². The highest BCUT2D eigenvalue weighted by molar-refractivity contribution is 5.73. The Morgan fingerprint density at radius 3 is 2.47 bits per heavy atom. The molecule has 1 aliphatic rings. The molecule has 3 heteroatoms. The largest absolute Gasteiger partial charge is 0.480 e. The number of hydrogen-bond donors (Lipinski definition) is 2. The lowest BCUT2D eigenvalue weighted by Gasteiger charge is -2.17. The van der Waals surface area contributed by atoms with Gasteiger partial charge in [-0.2, -0.15) is 0 Å². The second kappa shape index (κ2) is 3.66. The van der Waals surface area contributed by atoms with Gasteiger partial charge in [0.2, 0.25) is 0 Å². The molecule has 1 aliphatic carbocycles. The highest BCUT2D eigenvalue weighted by Gasteiger charge is 2.45. The standard InChI is InChI=1S/C12H15NO2/c13-10(11(14)15)8-12(6-7-12)9-4-2-1-3-5-9/h1-5,10H,6-8,13H2,(H,14,15). The molecule has 1 saturated carbocycles. The Balaban J connectivity index is 2.12. The maximum Gasteiger partial charge on any atom is 0.320 e. The smallest absolute Gasteiger partial charge is 0.320 e. The number of rotatable bonds is 4. The van der Waals surface area contributed by atoms with Gasteiger partial charge in [0.25, 0.3) is 0 Å². The molecule has 3 nitrogen and oxygen atoms in total. The quantitative estimate of drug-likeness (QED) is 0.783. The second-order valence-electron chi connectivity index (χ2n) is 4.30. The van der Waals surface area contributed by atoms with E-state index < -0.39 is 12.0 Å². The first-order valence-electron chi connectivity index (χ1n) is 5.18. The summed E-state index contributed by atoms with van der Waals surface area (Å²) in [6.07, 6.45) is 2.66. The molecule has 0 spiro atoms. The maximum atomic E-state index is 10.7. The summed E-state index contributed by atoms with van der Waals surface area (Å²) >= 11 is 0. The maximum absolute atomic E-state index is 10.7. The zero-order valence-electron chi connectivity index (χ0n) is 8.52. The van der Waals surface area contributed by atoms with E-state index >= 15 is 0 Å². The summed E-state index contributed by atoms with van der Waals surface area (Å²) in [5.41, 5.74) is 6.84. The van der Waals surface area contributed by atoms with Crippen LogP contribution >= 0.6 is 0 Å². The Morgan fingerprint density at radius 2 is 2.00 bits per heavy atom. The lowest BCUT2D eigenvalue weighted by atomic mass is 9.89. The summed E-state index contributed by atoms with van der Waals surface area (Å²) in [5, 5.41) is 8.80. The minimum atomic E-state index is -0.905. The van der Waals surface area contributed by atoms with Crippen molar-refractivity contribution in [2.24, 2.45) is 5.73 Å². The number of hydrogen-bond acceptors (Lipinski definition) is 2. The number of nitrogens with two attached hydrogens (primary N) is 1. The monoisotopic (exact) mass is 205 g/mol. The van der Waals surface area contributed by atoms with Crippen molar-refractivity contribution in [2.75, 3.05) is 0 Å². The van der Waals surface area contributed by atoms with Gasteiger partial charge in [-0.05, 0) is 30.2 Å². The van der Waals surface area contributed by atoms with E-state index in [0.717, 1.165) is 12.8 Å². The third kappa shape index (κ3) is 2.02. The average Bonchev–Trinajstić information content (AvgIpc) is 3.00. The van der Waals surface area contributed by atoms with E-state index in [-0.39, 0.29) is 5.41 Å². The van der Waals surface area contributed by atoms with Crippen LogP contribution in [-0.2, 0) is 10.2 Å². The van der Waals surface area contributed by atoms with Gasteiger partial charge in [-0.15, -0.1) is 0 Å². The van der Waals surface area contributed by atoms with E-state index in [9.17, 15) is 4.79 Å². The molecule has 2 rings (SSSR count). The summed E-state index contributed by atoms with van der Waals surface area (Å²) in [6.45, 7) is 0. The Morgan fingerprint density at radius 1 is 1.40 bits per heavy atom. The molecule has 0 aromatic heterocycles. The van der Waals surface area contributed by atoms with Crippen LogP contribution in [0.15, 0.2) is 30.3 Å². The average molecular weight is 205 g/mol. The van der Waals surface area contributed by atoms with Crippen molar-refractivity contribution >= 4 is 5.97 Å². The van der Waals surface area contributed by atoms with Gasteiger partial charge in [-0.25, -0.2) is 0 Å². The van der Waals surface area contributed by atoms with Crippen LogP contribution in [0.5, 0.6) is 0 Å². The van der Waals surface area contributed by atoms with Gasteiger partial charge in [0.05, 0.1) is 0 Å². The number of carboxylic acid groups (broad SMARTS) is 1. The van der Waals surface area contributed by atoms with Crippen LogP contribution in [-0.4, -0.2) is 17.1 Å². The molecule has 15 heavy (non-hydrogen) atoms. The van der Waals surface area contributed by atoms with Gasteiger partial charge in [-0.3, -0.25) is 4.79 Å². The fourth-order valence-corrected chi connectivity index (χ4v) is 2.06. The molecule has 0 saturated heterocycles. The molecular formula is C12H15NO2. The molecule has 1 aromatic carbocycles. The summed E-state index contributed by atoms with van der Waals surface area (Å²) in [4.78, 5) is 10.7. The molecule has 3 N–H and O–H groups in total. The van der Waals surface area contributed by atoms with E-state index in [1.165, 1.54) is 5.56 Å². The molecule has 0 heterocycles. The minimum Gasteiger partial charge on any atom is -0.480 e. The molecule has 1 fully saturated rings. The predicted octanol–water partition coefficient (Wildman–Crippen LogP) is 1.52. The van der Waals surface area contributed by atoms with Crippen LogP contribution in [0, 0.1) is 0 Å². The second-order valence-corrected chi connectivity index (χ2v) is 4.30. The van der Waals surface area contributed by atoms with Crippen LogP contribution < -0.4 is 5.73 Å². The third-order valence-corrected chi connectivity index (χ3v) is 3.17. The molecular weight excluding hydrogens is 190 g/mol. The molecule has 1 atom stereocenters. The zero-order chi connectivity index (χ0) is 10.9. The van der Waals surface area contributed by atoms with Crippen molar-refractivity contribution in [3.8, 4) is 0 Å². The van der Waals surface area contributed by atoms with Crippen molar-refractivity contribution in [2.45, 2.75) is 30.7 Å². The molecule has 80 valence electrons. The summed E-state index contributed by atoms with van der Waals surface area (Å²) in [7, 11) is 0. The van der Waals surface area contributed by atoms with Crippen LogP contribution in [0.4, 0.5) is 0 Å². The first-order chi connectivity index (χ1) is 7.14. The van der Waals surface area contributed by atoms with E-state index in [1.807, 2.05) is 18.2 Å². The number of carbonyl (C=O) groups is 1. The molecule has 0 aliphatic heterocycles. The topological polar surface area (TPSA) is 63.3 Å². The third-order valence-electron chi connectivity index (χ3n) is 3.17. The van der Waals surface area contributed by atoms with Crippen LogP contribution in [0.3, 0.4) is 0 Å². The van der Waals surface area contributed by atoms with E-state index in [4.69, 9.17) is 10.8 Å². The number of carboxylic acids is 1. The fourth-order valence-electron chi connectivity index (χ4n) is 2.06. The highest BCUT2D eigenvalue weighted by atomic mass is 16.4. The molecule has 0 radical (unpaired) electrons. The first-order valence-corrected chi connectivity index (χ1v) is 5.18. The van der Waals surface area contributed by atoms with Crippen LogP contribution in [0.2, 0.25) is 0 Å². The van der Waals surface area contributed by atoms with Gasteiger partial charge in [0.1, 0.15) is 6.04 Å². The summed E-state index contributed by atoms with van der Waals surface area (Å²) in [5.74, 6) is -0.905.